The van der Waals surface area contributed by atoms with Crippen molar-refractivity contribution in [2.45, 2.75) is 45.7 Å². The van der Waals surface area contributed by atoms with E-state index in [1.54, 1.807) is 0 Å². The summed E-state index contributed by atoms with van der Waals surface area (Å²) in [6.45, 7) is 9.20. The molecule has 0 fully saturated rings. The van der Waals surface area contributed by atoms with E-state index in [2.05, 4.69) is 111 Å². The fourth-order valence-electron chi connectivity index (χ4n) is 5.82. The number of fused-ring (bicyclic) bond motifs is 7. The average molecular weight is 446 g/mol. The van der Waals surface area contributed by atoms with Crippen LogP contribution in [0.25, 0.3) is 32.3 Å². The van der Waals surface area contributed by atoms with Crippen molar-refractivity contribution in [2.75, 3.05) is 17.3 Å². The Kier molecular flexibility index (Phi) is 4.77. The normalized spacial score (nSPS) is 15.6. The van der Waals surface area contributed by atoms with Gasteiger partial charge in [0.1, 0.15) is 6.17 Å². The monoisotopic (exact) mass is 445 g/mol. The van der Waals surface area contributed by atoms with E-state index in [0.29, 0.717) is 11.8 Å². The maximum Gasteiger partial charge on any atom is 0.126 e. The largest absolute Gasteiger partial charge is 0.359 e. The molecule has 1 aliphatic heterocycles. The van der Waals surface area contributed by atoms with Crippen LogP contribution in [0.5, 0.6) is 0 Å². The predicted molar refractivity (Wildman–Crippen MR) is 146 cm³/mol. The van der Waals surface area contributed by atoms with Crippen LogP contribution in [0.2, 0.25) is 0 Å². The standard InChI is InChI=1S/C31H31N3/c1-18(2)22-11-8-12-23(19(3)4)28(22)31-33-29-25-10-7-6-9-24(25)26-15-20-13-14-32-17-21(20)16-27(26)30(29)34(31)5/h6-19,31,33H,1-5H3. The van der Waals surface area contributed by atoms with Gasteiger partial charge in [-0.2, -0.15) is 0 Å². The van der Waals surface area contributed by atoms with Gasteiger partial charge in [-0.25, -0.2) is 0 Å². The lowest BCUT2D eigenvalue weighted by molar-refractivity contribution is 0.721. The Bertz CT molecular complexity index is 1540. The number of benzene rings is 4. The maximum atomic E-state index is 4.39. The lowest BCUT2D eigenvalue weighted by Crippen LogP contribution is -2.26. The molecule has 3 nitrogen and oxygen atoms in total. The number of rotatable bonds is 3. The van der Waals surface area contributed by atoms with E-state index in [9.17, 15) is 0 Å². The van der Waals surface area contributed by atoms with E-state index in [-0.39, 0.29) is 6.17 Å². The molecule has 1 unspecified atom stereocenters. The van der Waals surface area contributed by atoms with Gasteiger partial charge in [-0.1, -0.05) is 70.2 Å². The van der Waals surface area contributed by atoms with E-state index in [4.69, 9.17) is 0 Å². The molecule has 0 bridgehead atoms. The van der Waals surface area contributed by atoms with Crippen LogP contribution in [0, 0.1) is 0 Å². The average Bonchev–Trinajstić information content (AvgIpc) is 3.19. The Morgan fingerprint density at radius 1 is 0.765 bits per heavy atom. The highest BCUT2D eigenvalue weighted by molar-refractivity contribution is 6.23. The lowest BCUT2D eigenvalue weighted by atomic mass is 9.87. The molecule has 5 aromatic rings. The molecule has 34 heavy (non-hydrogen) atoms. The summed E-state index contributed by atoms with van der Waals surface area (Å²) in [5.41, 5.74) is 6.77. The Hall–Kier alpha value is -3.59. The molecule has 2 heterocycles. The third-order valence-electron chi connectivity index (χ3n) is 7.47. The summed E-state index contributed by atoms with van der Waals surface area (Å²) in [4.78, 5) is 6.85. The van der Waals surface area contributed by atoms with E-state index < -0.39 is 0 Å². The zero-order valence-corrected chi connectivity index (χ0v) is 20.6. The van der Waals surface area contributed by atoms with Crippen LogP contribution in [-0.2, 0) is 0 Å². The SMILES string of the molecule is CC(C)c1cccc(C(C)C)c1C1Nc2c(c3cc4cnccc4cc3c3ccccc23)N1C. The molecule has 3 heteroatoms. The first-order valence-corrected chi connectivity index (χ1v) is 12.3. The van der Waals surface area contributed by atoms with E-state index in [0.717, 1.165) is 0 Å². The second-order valence-electron chi connectivity index (χ2n) is 10.2. The van der Waals surface area contributed by atoms with Crippen molar-refractivity contribution in [1.82, 2.24) is 4.98 Å². The van der Waals surface area contributed by atoms with Crippen LogP contribution in [0.3, 0.4) is 0 Å². The van der Waals surface area contributed by atoms with Crippen LogP contribution >= 0.6 is 0 Å². The summed E-state index contributed by atoms with van der Waals surface area (Å²) < 4.78 is 0. The Morgan fingerprint density at radius 2 is 1.44 bits per heavy atom. The number of nitrogens with one attached hydrogen (secondary N) is 1. The van der Waals surface area contributed by atoms with E-state index in [1.807, 2.05) is 12.4 Å². The third kappa shape index (κ3) is 3.00. The molecule has 170 valence electrons. The lowest BCUT2D eigenvalue weighted by Gasteiger charge is -2.30. The molecular weight excluding hydrogens is 414 g/mol. The smallest absolute Gasteiger partial charge is 0.126 e. The molecule has 1 N–H and O–H groups in total. The molecule has 0 saturated carbocycles. The van der Waals surface area contributed by atoms with Gasteiger partial charge in [-0.3, -0.25) is 4.98 Å². The number of aromatic nitrogens is 1. The first-order chi connectivity index (χ1) is 16.5. The predicted octanol–water partition coefficient (Wildman–Crippen LogP) is 8.35. The highest BCUT2D eigenvalue weighted by Gasteiger charge is 2.34. The molecule has 4 aromatic carbocycles. The molecule has 1 aromatic heterocycles. The van der Waals surface area contributed by atoms with Crippen molar-refractivity contribution in [2.24, 2.45) is 0 Å². The highest BCUT2D eigenvalue weighted by atomic mass is 15.3. The van der Waals surface area contributed by atoms with Crippen molar-refractivity contribution in [3.63, 3.8) is 0 Å². The van der Waals surface area contributed by atoms with Crippen molar-refractivity contribution >= 4 is 43.7 Å². The fourth-order valence-corrected chi connectivity index (χ4v) is 5.82. The Morgan fingerprint density at radius 3 is 2.15 bits per heavy atom. The van der Waals surface area contributed by atoms with Crippen LogP contribution in [0.1, 0.15) is 62.4 Å². The van der Waals surface area contributed by atoms with E-state index in [1.165, 1.54) is 60.4 Å². The number of nitrogens with zero attached hydrogens (tertiary/aromatic N) is 2. The summed E-state index contributed by atoms with van der Waals surface area (Å²) in [6.07, 6.45) is 3.94. The highest BCUT2D eigenvalue weighted by Crippen LogP contribution is 2.51. The van der Waals surface area contributed by atoms with Gasteiger partial charge in [0.15, 0.2) is 0 Å². The van der Waals surface area contributed by atoms with E-state index >= 15 is 0 Å². The molecule has 1 aliphatic rings. The Labute approximate surface area is 201 Å². The molecule has 0 saturated heterocycles. The fraction of sp³-hybridized carbons (Fsp3) is 0.258. The summed E-state index contributed by atoms with van der Waals surface area (Å²) in [5, 5.41) is 11.5. The van der Waals surface area contributed by atoms with Gasteiger partial charge < -0.3 is 10.2 Å². The summed E-state index contributed by atoms with van der Waals surface area (Å²) in [7, 11) is 2.24. The van der Waals surface area contributed by atoms with Crippen LogP contribution in [0.4, 0.5) is 11.4 Å². The molecule has 0 amide bonds. The third-order valence-corrected chi connectivity index (χ3v) is 7.47. The van der Waals surface area contributed by atoms with Gasteiger partial charge in [0, 0.05) is 41.2 Å². The molecule has 6 rings (SSSR count). The first-order valence-electron chi connectivity index (χ1n) is 12.3. The number of anilines is 2. The molecule has 1 atom stereocenters. The van der Waals surface area contributed by atoms with Crippen molar-refractivity contribution in [3.05, 3.63) is 89.7 Å². The first kappa shape index (κ1) is 21.0. The van der Waals surface area contributed by atoms with Crippen LogP contribution < -0.4 is 10.2 Å². The van der Waals surface area contributed by atoms with Gasteiger partial charge in [0.2, 0.25) is 0 Å². The minimum absolute atomic E-state index is 0.0876. The van der Waals surface area contributed by atoms with Gasteiger partial charge in [-0.15, -0.1) is 0 Å². The number of hydrogen-bond acceptors (Lipinski definition) is 3. The van der Waals surface area contributed by atoms with Gasteiger partial charge in [0.25, 0.3) is 0 Å². The zero-order valence-electron chi connectivity index (χ0n) is 20.6. The van der Waals surface area contributed by atoms with Crippen LogP contribution in [-0.4, -0.2) is 12.0 Å². The van der Waals surface area contributed by atoms with Crippen LogP contribution in [0.15, 0.2) is 73.1 Å². The molecule has 0 spiro atoms. The molecular formula is C31H31N3. The Balaban J connectivity index is 1.67. The summed E-state index contributed by atoms with van der Waals surface area (Å²) in [6, 6.07) is 22.4. The van der Waals surface area contributed by atoms with Crippen molar-refractivity contribution < 1.29 is 0 Å². The second-order valence-corrected chi connectivity index (χ2v) is 10.2. The summed E-state index contributed by atoms with van der Waals surface area (Å²) in [5.74, 6) is 0.909. The van der Waals surface area contributed by atoms with Crippen molar-refractivity contribution in [3.8, 4) is 0 Å². The minimum Gasteiger partial charge on any atom is -0.359 e. The zero-order chi connectivity index (χ0) is 23.6. The maximum absolute atomic E-state index is 4.39. The van der Waals surface area contributed by atoms with Gasteiger partial charge in [-0.05, 0) is 57.3 Å². The molecule has 0 aliphatic carbocycles. The minimum atomic E-state index is 0.0876. The number of hydrogen-bond donors (Lipinski definition) is 1. The van der Waals surface area contributed by atoms with Gasteiger partial charge in [0.05, 0.1) is 11.4 Å². The van der Waals surface area contributed by atoms with Crippen molar-refractivity contribution in [1.29, 1.82) is 0 Å². The topological polar surface area (TPSA) is 28.2 Å². The quantitative estimate of drug-likeness (QED) is 0.223. The molecule has 0 radical (unpaired) electrons. The second kappa shape index (κ2) is 7.73. The van der Waals surface area contributed by atoms with Gasteiger partial charge >= 0.3 is 0 Å². The number of pyridine rings is 1. The summed E-state index contributed by atoms with van der Waals surface area (Å²) >= 11 is 0.